The lowest BCUT2D eigenvalue weighted by Gasteiger charge is -2.33. The standard InChI is InChI=1S/C25H31N3O3S/c1-21-11-12-23(20-24(21)25(29)27-14-5-6-15-27)32(30,31)28-18-16-26(17-19-28)13-7-10-22-8-3-2-4-9-22/h2-4,7-12,20H,5-6,13-19H2,1H3/b10-7+. The van der Waals surface area contributed by atoms with Gasteiger partial charge in [-0.1, -0.05) is 48.6 Å². The van der Waals surface area contributed by atoms with Crippen LogP contribution >= 0.6 is 0 Å². The first-order valence-corrected chi connectivity index (χ1v) is 12.7. The minimum atomic E-state index is -3.63. The van der Waals surface area contributed by atoms with Crippen LogP contribution in [-0.4, -0.2) is 74.2 Å². The van der Waals surface area contributed by atoms with E-state index in [0.29, 0.717) is 31.7 Å². The Morgan fingerprint density at radius 3 is 2.31 bits per heavy atom. The first-order valence-electron chi connectivity index (χ1n) is 11.3. The maximum Gasteiger partial charge on any atom is 0.254 e. The molecule has 2 saturated heterocycles. The van der Waals surface area contributed by atoms with Crippen LogP contribution in [0.25, 0.3) is 6.08 Å². The van der Waals surface area contributed by atoms with Crippen LogP contribution in [0.3, 0.4) is 0 Å². The maximum atomic E-state index is 13.3. The summed E-state index contributed by atoms with van der Waals surface area (Å²) < 4.78 is 28.1. The van der Waals surface area contributed by atoms with Gasteiger partial charge in [0.05, 0.1) is 4.90 Å². The van der Waals surface area contributed by atoms with Crippen LogP contribution in [0.15, 0.2) is 59.5 Å². The Balaban J connectivity index is 1.39. The number of sulfonamides is 1. The highest BCUT2D eigenvalue weighted by Crippen LogP contribution is 2.23. The molecule has 0 spiro atoms. The highest BCUT2D eigenvalue weighted by atomic mass is 32.2. The molecule has 0 saturated carbocycles. The van der Waals surface area contributed by atoms with Gasteiger partial charge in [0.15, 0.2) is 0 Å². The molecule has 0 radical (unpaired) electrons. The van der Waals surface area contributed by atoms with Crippen LogP contribution in [0.2, 0.25) is 0 Å². The second-order valence-corrected chi connectivity index (χ2v) is 10.4. The molecule has 0 unspecified atom stereocenters. The minimum Gasteiger partial charge on any atom is -0.339 e. The SMILES string of the molecule is Cc1ccc(S(=O)(=O)N2CCN(C/C=C/c3ccccc3)CC2)cc1C(=O)N1CCCC1. The number of nitrogens with zero attached hydrogens (tertiary/aromatic N) is 3. The molecule has 170 valence electrons. The van der Waals surface area contributed by atoms with Crippen molar-refractivity contribution in [3.05, 3.63) is 71.3 Å². The average Bonchev–Trinajstić information content (AvgIpc) is 3.35. The summed E-state index contributed by atoms with van der Waals surface area (Å²) in [6.07, 6.45) is 6.23. The zero-order valence-corrected chi connectivity index (χ0v) is 19.4. The van der Waals surface area contributed by atoms with Gasteiger partial charge in [-0.2, -0.15) is 4.31 Å². The van der Waals surface area contributed by atoms with E-state index in [1.165, 1.54) is 0 Å². The molecule has 1 amide bonds. The maximum absolute atomic E-state index is 13.3. The largest absolute Gasteiger partial charge is 0.339 e. The van der Waals surface area contributed by atoms with Crippen LogP contribution in [0.4, 0.5) is 0 Å². The Morgan fingerprint density at radius 1 is 0.938 bits per heavy atom. The minimum absolute atomic E-state index is 0.0629. The molecule has 2 aromatic rings. The molecular formula is C25H31N3O3S. The second-order valence-electron chi connectivity index (χ2n) is 8.49. The Kier molecular flexibility index (Phi) is 7.08. The summed E-state index contributed by atoms with van der Waals surface area (Å²) in [6, 6.07) is 15.1. The molecule has 4 rings (SSSR count). The molecule has 2 aliphatic rings. The number of likely N-dealkylation sites (tertiary alicyclic amines) is 1. The Bertz CT molecular complexity index is 1070. The van der Waals surface area contributed by atoms with Crippen molar-refractivity contribution in [1.29, 1.82) is 0 Å². The quantitative estimate of drug-likeness (QED) is 0.674. The van der Waals surface area contributed by atoms with Crippen molar-refractivity contribution in [2.45, 2.75) is 24.7 Å². The van der Waals surface area contributed by atoms with Crippen molar-refractivity contribution in [2.75, 3.05) is 45.8 Å². The van der Waals surface area contributed by atoms with Crippen molar-refractivity contribution >= 4 is 22.0 Å². The summed E-state index contributed by atoms with van der Waals surface area (Å²) in [4.78, 5) is 17.2. The molecule has 2 aromatic carbocycles. The number of hydrogen-bond donors (Lipinski definition) is 0. The van der Waals surface area contributed by atoms with Crippen molar-refractivity contribution in [3.63, 3.8) is 0 Å². The van der Waals surface area contributed by atoms with E-state index in [1.54, 1.807) is 22.5 Å². The van der Waals surface area contributed by atoms with Gasteiger partial charge in [-0.25, -0.2) is 8.42 Å². The number of aryl methyl sites for hydroxylation is 1. The summed E-state index contributed by atoms with van der Waals surface area (Å²) in [5, 5.41) is 0. The summed E-state index contributed by atoms with van der Waals surface area (Å²) in [5.41, 5.74) is 2.47. The van der Waals surface area contributed by atoms with Crippen LogP contribution in [-0.2, 0) is 10.0 Å². The fourth-order valence-corrected chi connectivity index (χ4v) is 5.74. The number of amides is 1. The Morgan fingerprint density at radius 2 is 1.62 bits per heavy atom. The number of hydrogen-bond acceptors (Lipinski definition) is 4. The monoisotopic (exact) mass is 453 g/mol. The molecule has 0 bridgehead atoms. The topological polar surface area (TPSA) is 60.9 Å². The predicted molar refractivity (Wildman–Crippen MR) is 127 cm³/mol. The zero-order valence-electron chi connectivity index (χ0n) is 18.6. The van der Waals surface area contributed by atoms with Crippen molar-refractivity contribution in [2.24, 2.45) is 0 Å². The van der Waals surface area contributed by atoms with Crippen LogP contribution in [0.1, 0.15) is 34.3 Å². The molecular weight excluding hydrogens is 422 g/mol. The van der Waals surface area contributed by atoms with Crippen LogP contribution in [0, 0.1) is 6.92 Å². The van der Waals surface area contributed by atoms with E-state index >= 15 is 0 Å². The van der Waals surface area contributed by atoms with Crippen molar-refractivity contribution < 1.29 is 13.2 Å². The van der Waals surface area contributed by atoms with Gasteiger partial charge in [0.1, 0.15) is 0 Å². The predicted octanol–water partition coefficient (Wildman–Crippen LogP) is 3.25. The van der Waals surface area contributed by atoms with Crippen molar-refractivity contribution in [1.82, 2.24) is 14.1 Å². The third-order valence-corrected chi connectivity index (χ3v) is 8.17. The second kappa shape index (κ2) is 9.98. The summed E-state index contributed by atoms with van der Waals surface area (Å²) in [5.74, 6) is -0.0629. The lowest BCUT2D eigenvalue weighted by molar-refractivity contribution is 0.0792. The van der Waals surface area contributed by atoms with Crippen molar-refractivity contribution in [3.8, 4) is 0 Å². The van der Waals surface area contributed by atoms with Gasteiger partial charge >= 0.3 is 0 Å². The lowest BCUT2D eigenvalue weighted by atomic mass is 10.1. The first kappa shape index (κ1) is 22.7. The third-order valence-electron chi connectivity index (χ3n) is 6.28. The number of benzene rings is 2. The molecule has 2 heterocycles. The van der Waals surface area contributed by atoms with Gasteiger partial charge in [-0.05, 0) is 43.0 Å². The number of carbonyl (C=O) groups is 1. The normalized spacial score (nSPS) is 18.5. The molecule has 6 nitrogen and oxygen atoms in total. The highest BCUT2D eigenvalue weighted by Gasteiger charge is 2.30. The van der Waals surface area contributed by atoms with E-state index in [0.717, 1.165) is 43.6 Å². The third kappa shape index (κ3) is 5.11. The van der Waals surface area contributed by atoms with Gasteiger partial charge in [0.25, 0.3) is 5.91 Å². The van der Waals surface area contributed by atoms with E-state index in [-0.39, 0.29) is 10.8 Å². The smallest absolute Gasteiger partial charge is 0.254 e. The van der Waals surface area contributed by atoms with Gasteiger partial charge < -0.3 is 4.90 Å². The lowest BCUT2D eigenvalue weighted by Crippen LogP contribution is -2.48. The van der Waals surface area contributed by atoms with E-state index in [1.807, 2.05) is 30.0 Å². The fourth-order valence-electron chi connectivity index (χ4n) is 4.29. The van der Waals surface area contributed by atoms with Gasteiger partial charge in [0.2, 0.25) is 10.0 Å². The number of piperazine rings is 1. The van der Waals surface area contributed by atoms with Crippen LogP contribution < -0.4 is 0 Å². The van der Waals surface area contributed by atoms with Gasteiger partial charge in [-0.15, -0.1) is 0 Å². The molecule has 0 aromatic heterocycles. The zero-order chi connectivity index (χ0) is 22.6. The van der Waals surface area contributed by atoms with Gasteiger partial charge in [0, 0.05) is 51.4 Å². The summed E-state index contributed by atoms with van der Waals surface area (Å²) >= 11 is 0. The Hall–Kier alpha value is -2.48. The Labute approximate surface area is 191 Å². The molecule has 2 aliphatic heterocycles. The highest BCUT2D eigenvalue weighted by molar-refractivity contribution is 7.89. The van der Waals surface area contributed by atoms with E-state index in [9.17, 15) is 13.2 Å². The molecule has 2 fully saturated rings. The van der Waals surface area contributed by atoms with E-state index < -0.39 is 10.0 Å². The summed E-state index contributed by atoms with van der Waals surface area (Å²) in [6.45, 7) is 6.41. The molecule has 32 heavy (non-hydrogen) atoms. The first-order chi connectivity index (χ1) is 15.4. The molecule has 0 aliphatic carbocycles. The summed E-state index contributed by atoms with van der Waals surface area (Å²) in [7, 11) is -3.63. The molecule has 0 atom stereocenters. The molecule has 7 heteroatoms. The fraction of sp³-hybridized carbons (Fsp3) is 0.400. The number of carbonyl (C=O) groups excluding carboxylic acids is 1. The van der Waals surface area contributed by atoms with Crippen LogP contribution in [0.5, 0.6) is 0 Å². The van der Waals surface area contributed by atoms with Gasteiger partial charge in [-0.3, -0.25) is 9.69 Å². The van der Waals surface area contributed by atoms with E-state index in [2.05, 4.69) is 29.2 Å². The molecule has 0 N–H and O–H groups in total. The number of rotatable bonds is 6. The van der Waals surface area contributed by atoms with E-state index in [4.69, 9.17) is 0 Å². The average molecular weight is 454 g/mol.